The van der Waals surface area contributed by atoms with Crippen LogP contribution in [-0.2, 0) is 19.4 Å². The third-order valence-corrected chi connectivity index (χ3v) is 6.37. The van der Waals surface area contributed by atoms with Crippen molar-refractivity contribution in [3.05, 3.63) is 76.3 Å². The third-order valence-electron chi connectivity index (χ3n) is 4.29. The normalized spacial score (nSPS) is 14.7. The molecule has 2 rings (SSSR count). The molecule has 3 atom stereocenters. The van der Waals surface area contributed by atoms with Crippen molar-refractivity contribution >= 4 is 15.8 Å². The summed E-state index contributed by atoms with van der Waals surface area (Å²) in [5.41, 5.74) is 0.388. The molecule has 0 fully saturated rings. The lowest BCUT2D eigenvalue weighted by atomic mass is 9.89. The molecule has 2 aromatic carbocycles. The van der Waals surface area contributed by atoms with Crippen LogP contribution >= 0.6 is 0 Å². The van der Waals surface area contributed by atoms with E-state index in [4.69, 9.17) is 4.74 Å². The minimum absolute atomic E-state index is 0.0337. The van der Waals surface area contributed by atoms with Crippen LogP contribution < -0.4 is 0 Å². The summed E-state index contributed by atoms with van der Waals surface area (Å²) >= 11 is 0. The number of carbonyl (C=O) groups excluding carboxylic acids is 1. The van der Waals surface area contributed by atoms with E-state index in [1.54, 1.807) is 43.3 Å². The van der Waals surface area contributed by atoms with Crippen LogP contribution in [-0.4, -0.2) is 37.2 Å². The summed E-state index contributed by atoms with van der Waals surface area (Å²) in [5.74, 6) is -2.20. The molecule has 144 valence electrons. The molecule has 8 heteroatoms. The smallest absolute Gasteiger partial charge is 0.325 e. The molecule has 0 heterocycles. The molecule has 0 aromatic heterocycles. The van der Waals surface area contributed by atoms with Crippen LogP contribution in [0.3, 0.4) is 0 Å². The first kappa shape index (κ1) is 20.6. The van der Waals surface area contributed by atoms with Crippen LogP contribution in [0.1, 0.15) is 25.3 Å². The third kappa shape index (κ3) is 4.51. The highest BCUT2D eigenvalue weighted by Crippen LogP contribution is 2.33. The summed E-state index contributed by atoms with van der Waals surface area (Å²) < 4.78 is 31.5. The number of carbonyl (C=O) groups is 1. The van der Waals surface area contributed by atoms with Gasteiger partial charge < -0.3 is 4.74 Å². The standard InChI is InChI=1S/C19H21NO6S/c1-3-26-19(21)18(27(24,25)16-12-8-5-9-13-16)17(14(2)20(22)23)15-10-6-4-7-11-15/h4-14,17-18H,3H2,1-2H3/t14-,17+,18-/m1/s1. The Morgan fingerprint density at radius 1 is 1.07 bits per heavy atom. The number of hydrogen-bond acceptors (Lipinski definition) is 6. The second kappa shape index (κ2) is 8.77. The maximum absolute atomic E-state index is 13.3. The summed E-state index contributed by atoms with van der Waals surface area (Å²) in [7, 11) is -4.23. The molecule has 0 radical (unpaired) electrons. The van der Waals surface area contributed by atoms with Crippen molar-refractivity contribution in [1.29, 1.82) is 0 Å². The average molecular weight is 391 g/mol. The number of hydrogen-bond donors (Lipinski definition) is 0. The Morgan fingerprint density at radius 3 is 2.07 bits per heavy atom. The van der Waals surface area contributed by atoms with Crippen LogP contribution in [0, 0.1) is 10.1 Å². The molecule has 0 bridgehead atoms. The largest absolute Gasteiger partial charge is 0.465 e. The number of benzene rings is 2. The first-order valence-corrected chi connectivity index (χ1v) is 9.99. The highest BCUT2D eigenvalue weighted by atomic mass is 32.2. The molecule has 0 aliphatic heterocycles. The van der Waals surface area contributed by atoms with Gasteiger partial charge in [-0.2, -0.15) is 0 Å². The first-order chi connectivity index (χ1) is 12.8. The Bertz CT molecular complexity index is 883. The summed E-state index contributed by atoms with van der Waals surface area (Å²) in [5, 5.41) is 9.79. The number of nitro groups is 1. The molecular formula is C19H21NO6S. The quantitative estimate of drug-likeness (QED) is 0.389. The summed E-state index contributed by atoms with van der Waals surface area (Å²) in [6.07, 6.45) is 0. The Hall–Kier alpha value is -2.74. The van der Waals surface area contributed by atoms with Gasteiger partial charge in [0, 0.05) is 11.8 Å². The molecule has 0 saturated heterocycles. The first-order valence-electron chi connectivity index (χ1n) is 8.44. The van der Waals surface area contributed by atoms with Gasteiger partial charge in [-0.15, -0.1) is 0 Å². The van der Waals surface area contributed by atoms with Gasteiger partial charge in [-0.05, 0) is 24.6 Å². The van der Waals surface area contributed by atoms with Crippen molar-refractivity contribution in [1.82, 2.24) is 0 Å². The number of sulfone groups is 1. The van der Waals surface area contributed by atoms with Gasteiger partial charge >= 0.3 is 5.97 Å². The predicted molar refractivity (Wildman–Crippen MR) is 99.7 cm³/mol. The van der Waals surface area contributed by atoms with Gasteiger partial charge in [0.2, 0.25) is 6.04 Å². The van der Waals surface area contributed by atoms with E-state index < -0.39 is 37.9 Å². The molecule has 0 amide bonds. The zero-order valence-corrected chi connectivity index (χ0v) is 15.8. The molecule has 0 N–H and O–H groups in total. The number of esters is 1. The fourth-order valence-electron chi connectivity index (χ4n) is 2.96. The van der Waals surface area contributed by atoms with E-state index in [-0.39, 0.29) is 11.5 Å². The van der Waals surface area contributed by atoms with E-state index in [1.165, 1.54) is 31.2 Å². The molecule has 0 saturated carbocycles. The monoisotopic (exact) mass is 391 g/mol. The molecule has 2 aromatic rings. The summed E-state index contributed by atoms with van der Waals surface area (Å²) in [6.45, 7) is 2.82. The van der Waals surface area contributed by atoms with E-state index in [2.05, 4.69) is 0 Å². The van der Waals surface area contributed by atoms with Gasteiger partial charge in [-0.25, -0.2) is 8.42 Å². The van der Waals surface area contributed by atoms with Gasteiger partial charge in [0.1, 0.15) is 0 Å². The number of nitrogens with zero attached hydrogens (tertiary/aromatic N) is 1. The fraction of sp³-hybridized carbons (Fsp3) is 0.316. The topological polar surface area (TPSA) is 104 Å². The van der Waals surface area contributed by atoms with Crippen LogP contribution in [0.25, 0.3) is 0 Å². The Morgan fingerprint density at radius 2 is 1.59 bits per heavy atom. The van der Waals surface area contributed by atoms with E-state index in [0.717, 1.165) is 0 Å². The maximum Gasteiger partial charge on any atom is 0.325 e. The zero-order valence-electron chi connectivity index (χ0n) is 15.0. The predicted octanol–water partition coefficient (Wildman–Crippen LogP) is 2.84. The molecule has 0 aliphatic carbocycles. The minimum Gasteiger partial charge on any atom is -0.465 e. The molecule has 0 spiro atoms. The zero-order chi connectivity index (χ0) is 20.0. The second-order valence-corrected chi connectivity index (χ2v) is 8.06. The lowest BCUT2D eigenvalue weighted by molar-refractivity contribution is -0.522. The van der Waals surface area contributed by atoms with Gasteiger partial charge in [0.25, 0.3) is 0 Å². The van der Waals surface area contributed by atoms with Crippen LogP contribution in [0.2, 0.25) is 0 Å². The summed E-state index contributed by atoms with van der Waals surface area (Å²) in [4.78, 5) is 23.5. The van der Waals surface area contributed by atoms with Crippen molar-refractivity contribution in [3.8, 4) is 0 Å². The van der Waals surface area contributed by atoms with Crippen molar-refractivity contribution in [2.75, 3.05) is 6.61 Å². The molecule has 0 unspecified atom stereocenters. The SMILES string of the molecule is CCOC(=O)[C@@H]([C@H](c1ccccc1)[C@@H](C)[N+](=O)[O-])S(=O)(=O)c1ccccc1. The molecule has 0 aliphatic rings. The van der Waals surface area contributed by atoms with Crippen molar-refractivity contribution in [3.63, 3.8) is 0 Å². The lowest BCUT2D eigenvalue weighted by Gasteiger charge is -2.26. The van der Waals surface area contributed by atoms with E-state index in [1.807, 2.05) is 0 Å². The second-order valence-electron chi connectivity index (χ2n) is 5.99. The maximum atomic E-state index is 13.3. The highest BCUT2D eigenvalue weighted by Gasteiger charge is 2.48. The fourth-order valence-corrected chi connectivity index (χ4v) is 4.88. The highest BCUT2D eigenvalue weighted by molar-refractivity contribution is 7.92. The van der Waals surface area contributed by atoms with Gasteiger partial charge in [0.05, 0.1) is 17.4 Å². The molecular weight excluding hydrogens is 370 g/mol. The van der Waals surface area contributed by atoms with Crippen molar-refractivity contribution < 1.29 is 22.9 Å². The van der Waals surface area contributed by atoms with E-state index in [0.29, 0.717) is 5.56 Å². The minimum atomic E-state index is -4.23. The lowest BCUT2D eigenvalue weighted by Crippen LogP contribution is -2.44. The van der Waals surface area contributed by atoms with Gasteiger partial charge in [-0.3, -0.25) is 14.9 Å². The number of rotatable bonds is 8. The molecule has 7 nitrogen and oxygen atoms in total. The Kier molecular flexibility index (Phi) is 6.68. The van der Waals surface area contributed by atoms with Crippen LogP contribution in [0.15, 0.2) is 65.6 Å². The average Bonchev–Trinajstić information content (AvgIpc) is 2.66. The van der Waals surface area contributed by atoms with Crippen molar-refractivity contribution in [2.45, 2.75) is 36.0 Å². The Balaban J connectivity index is 2.69. The van der Waals surface area contributed by atoms with Crippen LogP contribution in [0.4, 0.5) is 0 Å². The van der Waals surface area contributed by atoms with Gasteiger partial charge in [0.15, 0.2) is 15.1 Å². The Labute approximate surface area is 158 Å². The van der Waals surface area contributed by atoms with E-state index >= 15 is 0 Å². The summed E-state index contributed by atoms with van der Waals surface area (Å²) in [6, 6.07) is 14.3. The van der Waals surface area contributed by atoms with Crippen LogP contribution in [0.5, 0.6) is 0 Å². The van der Waals surface area contributed by atoms with E-state index in [9.17, 15) is 23.3 Å². The van der Waals surface area contributed by atoms with Gasteiger partial charge in [-0.1, -0.05) is 48.5 Å². The van der Waals surface area contributed by atoms with Crippen molar-refractivity contribution in [2.24, 2.45) is 0 Å². The number of ether oxygens (including phenoxy) is 1. The molecule has 27 heavy (non-hydrogen) atoms.